The number of benzene rings is 2. The zero-order valence-corrected chi connectivity index (χ0v) is 33.4. The van der Waals surface area contributed by atoms with Crippen molar-refractivity contribution >= 4 is 40.3 Å². The zero-order valence-electron chi connectivity index (χ0n) is 33.4. The number of rotatable bonds is 6. The number of aliphatic hydroxyl groups excluding tert-OH is 2. The number of ketones is 1. The molecule has 15 heteroatoms. The number of aromatic hydroxyl groups is 3. The highest BCUT2D eigenvalue weighted by atomic mass is 16.7. The fourth-order valence-corrected chi connectivity index (χ4v) is 7.11. The molecule has 3 aliphatic heterocycles. The molecular weight excluding hydrogens is 728 g/mol. The van der Waals surface area contributed by atoms with E-state index in [1.807, 2.05) is 6.92 Å². The van der Waals surface area contributed by atoms with Gasteiger partial charge in [-0.3, -0.25) is 14.4 Å². The maximum Gasteiger partial charge on any atom is 0.312 e. The van der Waals surface area contributed by atoms with Crippen LogP contribution in [0.3, 0.4) is 0 Å². The minimum Gasteiger partial charge on any atom is -0.507 e. The Balaban J connectivity index is 1.97. The summed E-state index contributed by atoms with van der Waals surface area (Å²) in [5.74, 6) is -8.59. The summed E-state index contributed by atoms with van der Waals surface area (Å²) in [7, 11) is 1.43. The van der Waals surface area contributed by atoms with E-state index in [2.05, 4.69) is 10.5 Å². The molecule has 2 aromatic carbocycles. The monoisotopic (exact) mass is 782 g/mol. The molecule has 306 valence electrons. The third kappa shape index (κ3) is 8.49. The van der Waals surface area contributed by atoms with Gasteiger partial charge >= 0.3 is 11.8 Å². The van der Waals surface area contributed by atoms with E-state index >= 15 is 0 Å². The highest BCUT2D eigenvalue weighted by Crippen LogP contribution is 2.55. The molecule has 56 heavy (non-hydrogen) atoms. The molecule has 9 atom stereocenters. The van der Waals surface area contributed by atoms with Gasteiger partial charge in [-0.15, -0.1) is 0 Å². The average Bonchev–Trinajstić information content (AvgIpc) is 3.42. The first-order valence-electron chi connectivity index (χ1n) is 18.6. The van der Waals surface area contributed by atoms with Gasteiger partial charge in [0.25, 0.3) is 11.7 Å². The van der Waals surface area contributed by atoms with Crippen LogP contribution in [0.25, 0.3) is 10.8 Å². The number of fused-ring (bicyclic) bond motifs is 14. The van der Waals surface area contributed by atoms with Crippen LogP contribution in [0.4, 0.5) is 5.69 Å². The standard InChI is InChI=1S/C41H54N2O13/c1-11-16-54-42-18-26-31-36(49)29-28(35(26)48)30-38(24(7)34(29)47)56-41(9,39(30)50)53-17-15-27(52-10)21(4)37(55-25(8)44)23(6)33(46)22(5)32(45)19(2)13-12-14-20(3)40(51)43-31/h12-15,17-19,21-23,27,32-33,37,45-49H,11,16H2,1-10H3,(H,43,51)/b13-12+,17-15+,20-14?,42-18-. The number of Topliss-reactive ketones (excluding diaryl/α,β-unsaturated/α-hetero) is 1. The number of nitrogens with one attached hydrogen (secondary N) is 1. The Hall–Kier alpha value is -5.12. The molecule has 0 spiro atoms. The van der Waals surface area contributed by atoms with Crippen molar-refractivity contribution in [3.05, 3.63) is 52.8 Å². The molecule has 0 aliphatic carbocycles. The molecule has 3 heterocycles. The Morgan fingerprint density at radius 3 is 2.29 bits per heavy atom. The SMILES string of the molecule is CCCO/N=C\c1c2c(O)c3c(O)c(C)c4c(c3c1O)C(=O)C(C)(O/C=C/C(OC)C(C)C(OC(C)=O)C(C)C(O)C(C)C(O)C(C)/C=C/C=C(C)C(=O)N2)O4. The number of hydrogen-bond donors (Lipinski definition) is 6. The molecule has 0 saturated heterocycles. The van der Waals surface area contributed by atoms with Gasteiger partial charge in [-0.1, -0.05) is 58.0 Å². The Kier molecular flexibility index (Phi) is 13.8. The normalized spacial score (nSPS) is 30.1. The lowest BCUT2D eigenvalue weighted by Crippen LogP contribution is -2.46. The lowest BCUT2D eigenvalue weighted by molar-refractivity contribution is -0.160. The van der Waals surface area contributed by atoms with Gasteiger partial charge in [-0.25, -0.2) is 0 Å². The predicted molar refractivity (Wildman–Crippen MR) is 208 cm³/mol. The number of amides is 1. The second-order valence-corrected chi connectivity index (χ2v) is 14.7. The third-order valence-corrected chi connectivity index (χ3v) is 10.6. The van der Waals surface area contributed by atoms with E-state index in [4.69, 9.17) is 23.8 Å². The van der Waals surface area contributed by atoms with E-state index in [-0.39, 0.29) is 51.1 Å². The van der Waals surface area contributed by atoms with E-state index in [0.717, 1.165) is 6.21 Å². The van der Waals surface area contributed by atoms with Crippen LogP contribution in [0, 0.1) is 30.6 Å². The Morgan fingerprint density at radius 1 is 0.982 bits per heavy atom. The molecule has 9 unspecified atom stereocenters. The van der Waals surface area contributed by atoms with E-state index in [0.29, 0.717) is 6.42 Å². The number of methoxy groups -OCH3 is 1. The summed E-state index contributed by atoms with van der Waals surface area (Å²) < 4.78 is 23.4. The molecular formula is C41H54N2O13. The Bertz CT molecular complexity index is 1950. The number of oxime groups is 1. The van der Waals surface area contributed by atoms with Gasteiger partial charge in [0, 0.05) is 61.2 Å². The van der Waals surface area contributed by atoms with Crippen LogP contribution in [0.5, 0.6) is 23.0 Å². The molecule has 15 nitrogen and oxygen atoms in total. The molecule has 0 fully saturated rings. The van der Waals surface area contributed by atoms with Gasteiger partial charge in [0.1, 0.15) is 30.0 Å². The minimum atomic E-state index is -2.05. The number of allylic oxidation sites excluding steroid dienone is 2. The summed E-state index contributed by atoms with van der Waals surface area (Å²) in [6, 6.07) is 0. The molecule has 2 aromatic rings. The number of phenols is 3. The first kappa shape index (κ1) is 43.6. The van der Waals surface area contributed by atoms with Crippen LogP contribution in [0.15, 0.2) is 41.3 Å². The summed E-state index contributed by atoms with van der Waals surface area (Å²) in [5, 5.41) is 63.6. The summed E-state index contributed by atoms with van der Waals surface area (Å²) >= 11 is 0. The third-order valence-electron chi connectivity index (χ3n) is 10.6. The fourth-order valence-electron chi connectivity index (χ4n) is 7.11. The molecule has 0 saturated carbocycles. The van der Waals surface area contributed by atoms with Crippen LogP contribution >= 0.6 is 0 Å². The van der Waals surface area contributed by atoms with E-state index in [1.165, 1.54) is 53.2 Å². The second-order valence-electron chi connectivity index (χ2n) is 14.7. The van der Waals surface area contributed by atoms with Gasteiger partial charge in [0.05, 0.1) is 53.0 Å². The molecule has 3 aliphatic rings. The van der Waals surface area contributed by atoms with Crippen LogP contribution in [0.2, 0.25) is 0 Å². The van der Waals surface area contributed by atoms with E-state index < -0.39 is 88.8 Å². The number of hydrogen-bond acceptors (Lipinski definition) is 14. The number of carbonyl (C=O) groups excluding carboxylic acids is 3. The molecule has 5 bridgehead atoms. The Morgan fingerprint density at radius 2 is 1.66 bits per heavy atom. The molecule has 5 rings (SSSR count). The van der Waals surface area contributed by atoms with Crippen LogP contribution < -0.4 is 10.1 Å². The maximum atomic E-state index is 14.3. The van der Waals surface area contributed by atoms with Crippen molar-refractivity contribution in [2.75, 3.05) is 19.0 Å². The van der Waals surface area contributed by atoms with Gasteiger partial charge < -0.3 is 54.6 Å². The number of carbonyl (C=O) groups is 3. The topological polar surface area (TPSA) is 223 Å². The minimum absolute atomic E-state index is 0.0363. The summed E-state index contributed by atoms with van der Waals surface area (Å²) in [6.45, 7) is 14.5. The van der Waals surface area contributed by atoms with Crippen molar-refractivity contribution in [3.8, 4) is 23.0 Å². The largest absolute Gasteiger partial charge is 0.507 e. The van der Waals surface area contributed by atoms with Crippen molar-refractivity contribution in [1.29, 1.82) is 0 Å². The van der Waals surface area contributed by atoms with Crippen LogP contribution in [-0.4, -0.2) is 93.3 Å². The molecule has 1 amide bonds. The second kappa shape index (κ2) is 17.8. The number of anilines is 1. The van der Waals surface area contributed by atoms with Gasteiger partial charge in [-0.2, -0.15) is 0 Å². The number of esters is 1. The van der Waals surface area contributed by atoms with Crippen molar-refractivity contribution < 1.29 is 63.7 Å². The number of aliphatic hydroxyl groups is 2. The van der Waals surface area contributed by atoms with Crippen molar-refractivity contribution in [2.24, 2.45) is 28.8 Å². The van der Waals surface area contributed by atoms with Gasteiger partial charge in [0.15, 0.2) is 5.75 Å². The highest BCUT2D eigenvalue weighted by molar-refractivity contribution is 6.23. The lowest BCUT2D eigenvalue weighted by Gasteiger charge is -2.38. The highest BCUT2D eigenvalue weighted by Gasteiger charge is 2.50. The smallest absolute Gasteiger partial charge is 0.312 e. The van der Waals surface area contributed by atoms with Crippen molar-refractivity contribution in [2.45, 2.75) is 98.9 Å². The van der Waals surface area contributed by atoms with Crippen molar-refractivity contribution in [3.63, 3.8) is 0 Å². The Labute approximate surface area is 326 Å². The van der Waals surface area contributed by atoms with Gasteiger partial charge in [-0.05, 0) is 26.3 Å². The number of nitrogens with zero attached hydrogens (tertiary/aromatic N) is 1. The fraction of sp³-hybridized carbons (Fsp3) is 0.512. The van der Waals surface area contributed by atoms with Crippen LogP contribution in [0.1, 0.15) is 83.3 Å². The first-order chi connectivity index (χ1) is 26.3. The lowest BCUT2D eigenvalue weighted by atomic mass is 9.78. The van der Waals surface area contributed by atoms with E-state index in [1.54, 1.807) is 39.8 Å². The van der Waals surface area contributed by atoms with E-state index in [9.17, 15) is 39.9 Å². The zero-order chi connectivity index (χ0) is 41.8. The summed E-state index contributed by atoms with van der Waals surface area (Å²) in [4.78, 5) is 45.4. The van der Waals surface area contributed by atoms with Crippen molar-refractivity contribution in [1.82, 2.24) is 0 Å². The van der Waals surface area contributed by atoms with Gasteiger partial charge in [0.2, 0.25) is 0 Å². The summed E-state index contributed by atoms with van der Waals surface area (Å²) in [6.07, 6.45) is 5.13. The molecule has 0 aromatic heterocycles. The average molecular weight is 783 g/mol. The van der Waals surface area contributed by atoms with Crippen LogP contribution in [-0.2, 0) is 28.6 Å². The predicted octanol–water partition coefficient (Wildman–Crippen LogP) is 5.51. The first-order valence-corrected chi connectivity index (χ1v) is 18.6. The molecule has 0 radical (unpaired) electrons. The maximum absolute atomic E-state index is 14.3. The molecule has 6 N–H and O–H groups in total. The number of ether oxygens (including phenoxy) is 4. The number of phenolic OH excluding ortho intramolecular Hbond substituents is 3. The summed E-state index contributed by atoms with van der Waals surface area (Å²) in [5.41, 5.74) is -0.591. The quantitative estimate of drug-likeness (QED) is 0.0532.